The summed E-state index contributed by atoms with van der Waals surface area (Å²) in [6, 6.07) is 1.04. The van der Waals surface area contributed by atoms with Gasteiger partial charge in [-0.2, -0.15) is 0 Å². The molecular weight excluding hydrogens is 254 g/mol. The van der Waals surface area contributed by atoms with Crippen molar-refractivity contribution in [1.82, 2.24) is 9.97 Å². The topological polar surface area (TPSA) is 91.9 Å². The molecule has 1 aliphatic heterocycles. The van der Waals surface area contributed by atoms with E-state index in [-0.39, 0.29) is 17.4 Å². The van der Waals surface area contributed by atoms with Crippen LogP contribution in [0.4, 0.5) is 5.82 Å². The van der Waals surface area contributed by atoms with Crippen LogP contribution < -0.4 is 10.9 Å². The Balaban J connectivity index is 1.81. The molecule has 0 aromatic carbocycles. The second-order valence-corrected chi connectivity index (χ2v) is 6.63. The van der Waals surface area contributed by atoms with Crippen molar-refractivity contribution in [3.63, 3.8) is 0 Å². The molecule has 0 bridgehead atoms. The van der Waals surface area contributed by atoms with Gasteiger partial charge in [0, 0.05) is 17.4 Å². The molecule has 1 atom stereocenters. The van der Waals surface area contributed by atoms with Crippen molar-refractivity contribution in [2.24, 2.45) is 0 Å². The zero-order valence-corrected chi connectivity index (χ0v) is 10.4. The molecule has 18 heavy (non-hydrogen) atoms. The molecule has 2 aliphatic rings. The molecule has 7 heteroatoms. The number of anilines is 1. The van der Waals surface area contributed by atoms with E-state index in [4.69, 9.17) is 0 Å². The number of hydrogen-bond donors (Lipinski definition) is 2. The van der Waals surface area contributed by atoms with Gasteiger partial charge in [-0.05, 0) is 18.9 Å². The van der Waals surface area contributed by atoms with Crippen LogP contribution in [0.1, 0.15) is 24.6 Å². The molecule has 2 N–H and O–H groups in total. The van der Waals surface area contributed by atoms with Gasteiger partial charge in [-0.15, -0.1) is 0 Å². The van der Waals surface area contributed by atoms with E-state index >= 15 is 0 Å². The van der Waals surface area contributed by atoms with E-state index in [1.807, 2.05) is 0 Å². The van der Waals surface area contributed by atoms with Crippen molar-refractivity contribution in [2.75, 3.05) is 11.1 Å². The first-order valence-electron chi connectivity index (χ1n) is 5.81. The molecule has 1 unspecified atom stereocenters. The molecule has 1 aromatic heterocycles. The fourth-order valence-corrected chi connectivity index (χ4v) is 3.19. The van der Waals surface area contributed by atoms with E-state index in [1.165, 1.54) is 11.5 Å². The van der Waals surface area contributed by atoms with Crippen LogP contribution in [0.15, 0.2) is 22.3 Å². The lowest BCUT2D eigenvalue weighted by Crippen LogP contribution is -2.23. The van der Waals surface area contributed by atoms with Gasteiger partial charge in [0.25, 0.3) is 5.56 Å². The minimum atomic E-state index is -3.10. The van der Waals surface area contributed by atoms with Crippen LogP contribution in [0.5, 0.6) is 0 Å². The minimum Gasteiger partial charge on any atom is -0.363 e. The van der Waals surface area contributed by atoms with Gasteiger partial charge in [-0.1, -0.05) is 0 Å². The fourth-order valence-electron chi connectivity index (χ4n) is 1.96. The van der Waals surface area contributed by atoms with Crippen molar-refractivity contribution >= 4 is 15.7 Å². The van der Waals surface area contributed by atoms with Crippen LogP contribution in [-0.2, 0) is 9.84 Å². The summed E-state index contributed by atoms with van der Waals surface area (Å²) >= 11 is 0. The summed E-state index contributed by atoms with van der Waals surface area (Å²) in [4.78, 5) is 18.5. The van der Waals surface area contributed by atoms with Crippen LogP contribution in [-0.4, -0.2) is 30.2 Å². The third-order valence-corrected chi connectivity index (χ3v) is 4.38. The summed E-state index contributed by atoms with van der Waals surface area (Å²) in [6.07, 6.45) is 3.67. The average molecular weight is 267 g/mol. The Labute approximate surface area is 104 Å². The lowest BCUT2D eigenvalue weighted by atomic mass is 10.3. The lowest BCUT2D eigenvalue weighted by molar-refractivity contribution is 0.605. The van der Waals surface area contributed by atoms with Crippen molar-refractivity contribution in [1.29, 1.82) is 0 Å². The monoisotopic (exact) mass is 267 g/mol. The van der Waals surface area contributed by atoms with Crippen molar-refractivity contribution in [3.05, 3.63) is 33.7 Å². The van der Waals surface area contributed by atoms with Gasteiger partial charge in [0.05, 0.1) is 11.8 Å². The Morgan fingerprint density at radius 3 is 2.78 bits per heavy atom. The smallest absolute Gasteiger partial charge is 0.252 e. The largest absolute Gasteiger partial charge is 0.363 e. The second kappa shape index (κ2) is 3.94. The van der Waals surface area contributed by atoms with Crippen LogP contribution in [0.25, 0.3) is 0 Å². The minimum absolute atomic E-state index is 0.0141. The highest BCUT2D eigenvalue weighted by atomic mass is 32.2. The van der Waals surface area contributed by atoms with Crippen LogP contribution in [0.3, 0.4) is 0 Å². The normalized spacial score (nSPS) is 25.2. The number of hydrogen-bond acceptors (Lipinski definition) is 5. The molecule has 0 saturated heterocycles. The number of nitrogens with zero attached hydrogens (tertiary/aromatic N) is 1. The van der Waals surface area contributed by atoms with E-state index < -0.39 is 9.84 Å². The van der Waals surface area contributed by atoms with Gasteiger partial charge >= 0.3 is 0 Å². The van der Waals surface area contributed by atoms with Crippen molar-refractivity contribution < 1.29 is 8.42 Å². The Kier molecular flexibility index (Phi) is 2.51. The first-order valence-corrected chi connectivity index (χ1v) is 7.52. The maximum absolute atomic E-state index is 11.5. The summed E-state index contributed by atoms with van der Waals surface area (Å²) in [5.74, 6) is 1.49. The van der Waals surface area contributed by atoms with E-state index in [0.29, 0.717) is 17.6 Å². The van der Waals surface area contributed by atoms with Gasteiger partial charge in [0.15, 0.2) is 9.84 Å². The predicted octanol–water partition coefficient (Wildman–Crippen LogP) is 0.370. The van der Waals surface area contributed by atoms with Gasteiger partial charge in [-0.3, -0.25) is 4.79 Å². The average Bonchev–Trinajstić information content (AvgIpc) is 3.04. The van der Waals surface area contributed by atoms with Gasteiger partial charge in [-0.25, -0.2) is 13.4 Å². The Hall–Kier alpha value is -1.63. The molecule has 0 radical (unpaired) electrons. The summed E-state index contributed by atoms with van der Waals surface area (Å²) in [5.41, 5.74) is -0.209. The van der Waals surface area contributed by atoms with E-state index in [9.17, 15) is 13.2 Å². The quantitative estimate of drug-likeness (QED) is 0.825. The molecule has 6 nitrogen and oxygen atoms in total. The molecule has 3 rings (SSSR count). The Morgan fingerprint density at radius 1 is 1.39 bits per heavy atom. The van der Waals surface area contributed by atoms with Gasteiger partial charge in [0.2, 0.25) is 0 Å². The highest BCUT2D eigenvalue weighted by Gasteiger charge is 2.27. The number of nitrogens with one attached hydrogen (secondary N) is 2. The fraction of sp³-hybridized carbons (Fsp3) is 0.455. The van der Waals surface area contributed by atoms with Crippen LogP contribution >= 0.6 is 0 Å². The molecule has 1 saturated carbocycles. The summed E-state index contributed by atoms with van der Waals surface area (Å²) in [6.45, 7) is 0. The summed E-state index contributed by atoms with van der Waals surface area (Å²) in [5, 5.41) is 4.16. The first-order chi connectivity index (χ1) is 8.52. The number of rotatable bonds is 3. The highest BCUT2D eigenvalue weighted by molar-refractivity contribution is 7.94. The zero-order valence-electron chi connectivity index (χ0n) is 9.59. The molecule has 2 heterocycles. The number of H-pyrrole nitrogens is 1. The second-order valence-electron chi connectivity index (χ2n) is 4.70. The van der Waals surface area contributed by atoms with Crippen molar-refractivity contribution in [2.45, 2.75) is 24.8 Å². The third-order valence-electron chi connectivity index (χ3n) is 2.99. The van der Waals surface area contributed by atoms with E-state index in [2.05, 4.69) is 15.3 Å². The predicted molar refractivity (Wildman–Crippen MR) is 67.2 cm³/mol. The van der Waals surface area contributed by atoms with Crippen LogP contribution in [0, 0.1) is 0 Å². The molecular formula is C11H13N3O3S. The first kappa shape index (κ1) is 11.5. The number of aromatic amines is 1. The molecule has 1 fully saturated rings. The molecule has 0 spiro atoms. The molecule has 0 amide bonds. The third kappa shape index (κ3) is 2.45. The highest BCUT2D eigenvalue weighted by Crippen LogP contribution is 2.37. The number of aromatic nitrogens is 2. The summed E-state index contributed by atoms with van der Waals surface area (Å²) < 4.78 is 22.5. The Morgan fingerprint density at radius 2 is 2.17 bits per heavy atom. The summed E-state index contributed by atoms with van der Waals surface area (Å²) in [7, 11) is -3.10. The van der Waals surface area contributed by atoms with Gasteiger partial charge in [0.1, 0.15) is 11.6 Å². The van der Waals surface area contributed by atoms with E-state index in [0.717, 1.165) is 12.8 Å². The standard InChI is InChI=1S/C11H13N3O3S/c15-10-5-9(13-11(14-10)7-1-2-7)12-8-3-4-18(16,17)6-8/h3-5,7-8H,1-2,6H2,(H2,12,13,14,15). The van der Waals surface area contributed by atoms with Gasteiger partial charge < -0.3 is 10.3 Å². The Bertz CT molecular complexity index is 658. The molecule has 96 valence electrons. The van der Waals surface area contributed by atoms with Crippen LogP contribution in [0.2, 0.25) is 0 Å². The maximum Gasteiger partial charge on any atom is 0.252 e. The SMILES string of the molecule is O=c1cc(NC2C=CS(=O)(=O)C2)nc(C2CC2)[nH]1. The molecule has 1 aromatic rings. The molecule has 1 aliphatic carbocycles. The number of sulfone groups is 1. The lowest BCUT2D eigenvalue weighted by Gasteiger charge is -2.11. The zero-order chi connectivity index (χ0) is 12.8. The van der Waals surface area contributed by atoms with Crippen molar-refractivity contribution in [3.8, 4) is 0 Å². The van der Waals surface area contributed by atoms with E-state index in [1.54, 1.807) is 6.08 Å². The maximum atomic E-state index is 11.5.